The first-order valence-corrected chi connectivity index (χ1v) is 12.8. The number of rotatable bonds is 11. The maximum Gasteiger partial charge on any atom is 0.260 e. The number of furan rings is 1. The molecule has 4 rings (SSSR count). The molecule has 0 aliphatic heterocycles. The van der Waals surface area contributed by atoms with Gasteiger partial charge in [0.05, 0.1) is 37.4 Å². The van der Waals surface area contributed by atoms with E-state index < -0.39 is 6.10 Å². The molecular weight excluding hydrogens is 462 g/mol. The van der Waals surface area contributed by atoms with Gasteiger partial charge < -0.3 is 19.2 Å². The van der Waals surface area contributed by atoms with Crippen molar-refractivity contribution in [2.75, 3.05) is 19.8 Å². The Bertz CT molecular complexity index is 1310. The van der Waals surface area contributed by atoms with E-state index in [-0.39, 0.29) is 12.2 Å². The maximum absolute atomic E-state index is 13.2. The van der Waals surface area contributed by atoms with E-state index in [1.54, 1.807) is 6.26 Å². The number of aliphatic hydroxyl groups excluding tert-OH is 1. The zero-order chi connectivity index (χ0) is 24.9. The van der Waals surface area contributed by atoms with Crippen molar-refractivity contribution in [2.24, 2.45) is 5.92 Å². The molecule has 0 spiro atoms. The normalized spacial score (nSPS) is 12.8. The first-order chi connectivity index (χ1) is 16.8. The molecule has 1 aromatic carbocycles. The first kappa shape index (κ1) is 25.3. The largest absolute Gasteiger partial charge is 0.468 e. The van der Waals surface area contributed by atoms with Gasteiger partial charge in [-0.25, -0.2) is 4.98 Å². The molecule has 1 unspecified atom stereocenters. The summed E-state index contributed by atoms with van der Waals surface area (Å²) in [5, 5.41) is 13.2. The van der Waals surface area contributed by atoms with Gasteiger partial charge >= 0.3 is 0 Å². The van der Waals surface area contributed by atoms with Crippen LogP contribution in [0, 0.1) is 19.8 Å². The zero-order valence-electron chi connectivity index (χ0n) is 20.7. The van der Waals surface area contributed by atoms with E-state index in [1.165, 1.54) is 16.9 Å². The van der Waals surface area contributed by atoms with Gasteiger partial charge in [-0.15, -0.1) is 11.3 Å². The number of H-pyrrole nitrogens is 1. The van der Waals surface area contributed by atoms with Gasteiger partial charge in [-0.1, -0.05) is 37.6 Å². The predicted octanol–water partition coefficient (Wildman–Crippen LogP) is 4.90. The van der Waals surface area contributed by atoms with Gasteiger partial charge in [0.2, 0.25) is 0 Å². The molecule has 35 heavy (non-hydrogen) atoms. The van der Waals surface area contributed by atoms with Crippen molar-refractivity contribution >= 4 is 21.6 Å². The average Bonchev–Trinajstić information content (AvgIpc) is 3.43. The topological polar surface area (TPSA) is 91.6 Å². The van der Waals surface area contributed by atoms with Gasteiger partial charge in [0.25, 0.3) is 5.56 Å². The van der Waals surface area contributed by atoms with Crippen LogP contribution in [-0.4, -0.2) is 45.8 Å². The van der Waals surface area contributed by atoms with Crippen LogP contribution in [0.25, 0.3) is 21.3 Å². The molecule has 0 saturated heterocycles. The highest BCUT2D eigenvalue weighted by Gasteiger charge is 2.19. The Labute approximate surface area is 209 Å². The quantitative estimate of drug-likeness (QED) is 0.308. The van der Waals surface area contributed by atoms with Crippen LogP contribution in [0.15, 0.2) is 51.2 Å². The number of nitrogens with one attached hydrogen (secondary N) is 1. The lowest BCUT2D eigenvalue weighted by Crippen LogP contribution is -2.35. The van der Waals surface area contributed by atoms with Crippen molar-refractivity contribution in [1.29, 1.82) is 0 Å². The fraction of sp³-hybridized carbons (Fsp3) is 0.407. The molecule has 0 aliphatic carbocycles. The first-order valence-electron chi connectivity index (χ1n) is 11.9. The number of hydrogen-bond acceptors (Lipinski definition) is 7. The van der Waals surface area contributed by atoms with Crippen molar-refractivity contribution in [3.05, 3.63) is 75.0 Å². The van der Waals surface area contributed by atoms with Crippen LogP contribution < -0.4 is 5.56 Å². The predicted molar refractivity (Wildman–Crippen MR) is 140 cm³/mol. The standard InChI is InChI=1S/C27H33N3O4S/c1-17(2)14-33-15-20(31)11-30(12-21-6-5-9-34-21)13-24-28-26(32)25-23(16-35-27(25)29-24)22-8-7-18(3)10-19(22)4/h5-10,16-17,20,31H,11-15H2,1-4H3,(H,28,29,32). The second-order valence-corrected chi connectivity index (χ2v) is 10.4. The molecule has 0 bridgehead atoms. The molecule has 2 N–H and O–H groups in total. The summed E-state index contributed by atoms with van der Waals surface area (Å²) < 4.78 is 11.1. The van der Waals surface area contributed by atoms with E-state index in [9.17, 15) is 9.90 Å². The smallest absolute Gasteiger partial charge is 0.260 e. The number of aliphatic hydroxyl groups is 1. The van der Waals surface area contributed by atoms with Crippen molar-refractivity contribution in [3.63, 3.8) is 0 Å². The minimum Gasteiger partial charge on any atom is -0.468 e. The van der Waals surface area contributed by atoms with Crippen LogP contribution in [0.5, 0.6) is 0 Å². The summed E-state index contributed by atoms with van der Waals surface area (Å²) >= 11 is 1.47. The molecule has 3 heterocycles. The van der Waals surface area contributed by atoms with E-state index in [0.29, 0.717) is 48.2 Å². The number of aromatic nitrogens is 2. The highest BCUT2D eigenvalue weighted by Crippen LogP contribution is 2.33. The molecule has 3 aromatic heterocycles. The number of aromatic amines is 1. The van der Waals surface area contributed by atoms with Gasteiger partial charge in [0, 0.05) is 24.1 Å². The lowest BCUT2D eigenvalue weighted by molar-refractivity contribution is 0.00421. The van der Waals surface area contributed by atoms with Gasteiger partial charge in [0.1, 0.15) is 16.4 Å². The number of ether oxygens (including phenoxy) is 1. The summed E-state index contributed by atoms with van der Waals surface area (Å²) in [6.07, 6.45) is 0.958. The maximum atomic E-state index is 13.2. The fourth-order valence-corrected chi connectivity index (χ4v) is 5.15. The molecule has 1 atom stereocenters. The second-order valence-electron chi connectivity index (χ2n) is 9.49. The molecule has 0 saturated carbocycles. The van der Waals surface area contributed by atoms with E-state index >= 15 is 0 Å². The molecule has 0 amide bonds. The summed E-state index contributed by atoms with van der Waals surface area (Å²) in [5.74, 6) is 1.73. The molecule has 4 aromatic rings. The highest BCUT2D eigenvalue weighted by atomic mass is 32.1. The third-order valence-electron chi connectivity index (χ3n) is 5.73. The SMILES string of the molecule is Cc1ccc(-c2csc3nc(CN(Cc4ccco4)CC(O)COCC(C)C)[nH]c(=O)c23)c(C)c1. The summed E-state index contributed by atoms with van der Waals surface area (Å²) in [5.41, 5.74) is 4.12. The molecule has 7 nitrogen and oxygen atoms in total. The van der Waals surface area contributed by atoms with Crippen LogP contribution in [0.2, 0.25) is 0 Å². The van der Waals surface area contributed by atoms with Crippen molar-refractivity contribution in [2.45, 2.75) is 46.9 Å². The summed E-state index contributed by atoms with van der Waals surface area (Å²) in [6, 6.07) is 9.97. The van der Waals surface area contributed by atoms with Gasteiger partial charge in [0.15, 0.2) is 0 Å². The van der Waals surface area contributed by atoms with E-state index in [4.69, 9.17) is 14.1 Å². The Hall–Kier alpha value is -2.78. The molecular formula is C27H33N3O4S. The molecule has 0 fully saturated rings. The van der Waals surface area contributed by atoms with Crippen LogP contribution in [0.4, 0.5) is 0 Å². The number of fused-ring (bicyclic) bond motifs is 1. The highest BCUT2D eigenvalue weighted by molar-refractivity contribution is 7.17. The third kappa shape index (κ3) is 6.46. The minimum atomic E-state index is -0.669. The summed E-state index contributed by atoms with van der Waals surface area (Å²) in [6.45, 7) is 10.3. The van der Waals surface area contributed by atoms with E-state index in [2.05, 4.69) is 50.9 Å². The Morgan fingerprint density at radius 3 is 2.71 bits per heavy atom. The molecule has 8 heteroatoms. The number of hydrogen-bond donors (Lipinski definition) is 2. The average molecular weight is 496 g/mol. The van der Waals surface area contributed by atoms with Crippen LogP contribution in [0.1, 0.15) is 36.6 Å². The second kappa shape index (κ2) is 11.3. The van der Waals surface area contributed by atoms with Crippen molar-refractivity contribution < 1.29 is 14.3 Å². The van der Waals surface area contributed by atoms with Crippen molar-refractivity contribution in [1.82, 2.24) is 14.9 Å². The van der Waals surface area contributed by atoms with Crippen LogP contribution in [-0.2, 0) is 17.8 Å². The van der Waals surface area contributed by atoms with E-state index in [0.717, 1.165) is 22.5 Å². The molecule has 0 aliphatic rings. The number of aryl methyl sites for hydroxylation is 2. The van der Waals surface area contributed by atoms with E-state index in [1.807, 2.05) is 22.4 Å². The fourth-order valence-electron chi connectivity index (χ4n) is 4.19. The number of benzene rings is 1. The monoisotopic (exact) mass is 495 g/mol. The van der Waals surface area contributed by atoms with Gasteiger partial charge in [-0.3, -0.25) is 9.69 Å². The lowest BCUT2D eigenvalue weighted by Gasteiger charge is -2.24. The molecule has 186 valence electrons. The van der Waals surface area contributed by atoms with Crippen molar-refractivity contribution in [3.8, 4) is 11.1 Å². The summed E-state index contributed by atoms with van der Waals surface area (Å²) in [4.78, 5) is 23.6. The zero-order valence-corrected chi connectivity index (χ0v) is 21.5. The Kier molecular flexibility index (Phi) is 8.18. The van der Waals surface area contributed by atoms with Gasteiger partial charge in [-0.05, 0) is 43.0 Å². The lowest BCUT2D eigenvalue weighted by atomic mass is 9.99. The minimum absolute atomic E-state index is 0.153. The summed E-state index contributed by atoms with van der Waals surface area (Å²) in [7, 11) is 0. The number of nitrogens with zero attached hydrogens (tertiary/aromatic N) is 2. The Balaban J connectivity index is 1.56. The third-order valence-corrected chi connectivity index (χ3v) is 6.60. The van der Waals surface area contributed by atoms with Crippen LogP contribution in [0.3, 0.4) is 0 Å². The Morgan fingerprint density at radius 1 is 1.17 bits per heavy atom. The Morgan fingerprint density at radius 2 is 2.00 bits per heavy atom. The number of thiophene rings is 1. The molecule has 0 radical (unpaired) electrons. The van der Waals surface area contributed by atoms with Crippen LogP contribution >= 0.6 is 11.3 Å². The van der Waals surface area contributed by atoms with Gasteiger partial charge in [-0.2, -0.15) is 0 Å².